The van der Waals surface area contributed by atoms with Crippen LogP contribution in [0.3, 0.4) is 0 Å². The first-order chi connectivity index (χ1) is 10.9. The molecule has 0 aromatic carbocycles. The molecule has 124 valence electrons. The van der Waals surface area contributed by atoms with Crippen LogP contribution in [0, 0.1) is 0 Å². The highest BCUT2D eigenvalue weighted by atomic mass is 19.4. The Balaban J connectivity index is 1.59. The lowest BCUT2D eigenvalue weighted by Gasteiger charge is -2.35. The molecule has 1 saturated heterocycles. The Morgan fingerprint density at radius 2 is 1.87 bits per heavy atom. The smallest absolute Gasteiger partial charge is 0.353 e. The summed E-state index contributed by atoms with van der Waals surface area (Å²) < 4.78 is 37.6. The molecule has 1 aliphatic heterocycles. The van der Waals surface area contributed by atoms with Crippen molar-refractivity contribution >= 4 is 11.7 Å². The van der Waals surface area contributed by atoms with E-state index in [-0.39, 0.29) is 5.91 Å². The number of allylic oxidation sites excluding steroid dienone is 1. The molecule has 2 aliphatic rings. The molecule has 23 heavy (non-hydrogen) atoms. The summed E-state index contributed by atoms with van der Waals surface area (Å²) in [6.07, 6.45) is 1.35. The predicted octanol–water partition coefficient (Wildman–Crippen LogP) is 2.86. The second kappa shape index (κ2) is 6.22. The van der Waals surface area contributed by atoms with E-state index in [1.807, 2.05) is 15.9 Å². The van der Waals surface area contributed by atoms with Crippen molar-refractivity contribution in [3.63, 3.8) is 0 Å². The number of carbonyl (C=O) groups excluding carboxylic acids is 1. The SMILES string of the molecule is O=C(C1=CCCC1)N1CCN(c2ccc(C(F)(F)F)cn2)CC1. The fourth-order valence-corrected chi connectivity index (χ4v) is 2.95. The molecule has 1 aromatic rings. The minimum absolute atomic E-state index is 0.0996. The largest absolute Gasteiger partial charge is 0.417 e. The first kappa shape index (κ1) is 15.8. The normalized spacial score (nSPS) is 19.0. The number of carbonyl (C=O) groups is 1. The van der Waals surface area contributed by atoms with Gasteiger partial charge in [0.2, 0.25) is 5.91 Å². The third-order valence-electron chi connectivity index (χ3n) is 4.28. The number of hydrogen-bond donors (Lipinski definition) is 0. The molecule has 4 nitrogen and oxygen atoms in total. The zero-order chi connectivity index (χ0) is 16.4. The van der Waals surface area contributed by atoms with E-state index in [0.29, 0.717) is 32.0 Å². The summed E-state index contributed by atoms with van der Waals surface area (Å²) in [5, 5.41) is 0. The Morgan fingerprint density at radius 3 is 2.39 bits per heavy atom. The van der Waals surface area contributed by atoms with E-state index in [1.54, 1.807) is 0 Å². The highest BCUT2D eigenvalue weighted by molar-refractivity contribution is 5.94. The van der Waals surface area contributed by atoms with Gasteiger partial charge in [0.25, 0.3) is 0 Å². The van der Waals surface area contributed by atoms with Gasteiger partial charge in [0.05, 0.1) is 5.56 Å². The average molecular weight is 325 g/mol. The lowest BCUT2D eigenvalue weighted by molar-refractivity contribution is -0.137. The summed E-state index contributed by atoms with van der Waals surface area (Å²) in [5.41, 5.74) is 0.148. The Labute approximate surface area is 132 Å². The Morgan fingerprint density at radius 1 is 1.13 bits per heavy atom. The second-order valence-electron chi connectivity index (χ2n) is 5.80. The van der Waals surface area contributed by atoms with Crippen LogP contribution in [0.15, 0.2) is 30.0 Å². The van der Waals surface area contributed by atoms with Gasteiger partial charge in [-0.05, 0) is 31.4 Å². The molecule has 0 unspecified atom stereocenters. The highest BCUT2D eigenvalue weighted by Gasteiger charge is 2.31. The number of alkyl halides is 3. The summed E-state index contributed by atoms with van der Waals surface area (Å²) in [6, 6.07) is 2.43. The maximum Gasteiger partial charge on any atom is 0.417 e. The lowest BCUT2D eigenvalue weighted by Crippen LogP contribution is -2.49. The van der Waals surface area contributed by atoms with Crippen LogP contribution in [-0.4, -0.2) is 42.0 Å². The summed E-state index contributed by atoms with van der Waals surface area (Å²) in [6.45, 7) is 2.30. The van der Waals surface area contributed by atoms with Crippen LogP contribution < -0.4 is 4.90 Å². The lowest BCUT2D eigenvalue weighted by atomic mass is 10.2. The molecule has 3 rings (SSSR count). The van der Waals surface area contributed by atoms with Crippen molar-refractivity contribution in [3.05, 3.63) is 35.5 Å². The van der Waals surface area contributed by atoms with Crippen molar-refractivity contribution < 1.29 is 18.0 Å². The van der Waals surface area contributed by atoms with Crippen LogP contribution in [0.2, 0.25) is 0 Å². The number of amides is 1. The third kappa shape index (κ3) is 3.48. The molecule has 1 aromatic heterocycles. The maximum atomic E-state index is 12.5. The molecular formula is C16H18F3N3O. The summed E-state index contributed by atoms with van der Waals surface area (Å²) >= 11 is 0. The summed E-state index contributed by atoms with van der Waals surface area (Å²) in [7, 11) is 0. The van der Waals surface area contributed by atoms with Crippen LogP contribution in [0.5, 0.6) is 0 Å². The van der Waals surface area contributed by atoms with E-state index >= 15 is 0 Å². The topological polar surface area (TPSA) is 36.4 Å². The van der Waals surface area contributed by atoms with Crippen LogP contribution in [0.1, 0.15) is 24.8 Å². The number of halogens is 3. The molecule has 0 atom stereocenters. The van der Waals surface area contributed by atoms with Crippen molar-refractivity contribution in [2.75, 3.05) is 31.1 Å². The number of nitrogens with zero attached hydrogens (tertiary/aromatic N) is 3. The van der Waals surface area contributed by atoms with Crippen molar-refractivity contribution in [1.29, 1.82) is 0 Å². The molecule has 0 bridgehead atoms. The third-order valence-corrected chi connectivity index (χ3v) is 4.28. The molecule has 0 radical (unpaired) electrons. The first-order valence-corrected chi connectivity index (χ1v) is 7.71. The molecule has 1 fully saturated rings. The van der Waals surface area contributed by atoms with Crippen LogP contribution in [-0.2, 0) is 11.0 Å². The average Bonchev–Trinajstić information content (AvgIpc) is 3.08. The van der Waals surface area contributed by atoms with Gasteiger partial charge in [-0.1, -0.05) is 6.08 Å². The van der Waals surface area contributed by atoms with E-state index in [1.165, 1.54) is 6.07 Å². The molecule has 1 aliphatic carbocycles. The minimum Gasteiger partial charge on any atom is -0.353 e. The zero-order valence-corrected chi connectivity index (χ0v) is 12.6. The van der Waals surface area contributed by atoms with E-state index in [9.17, 15) is 18.0 Å². The molecule has 0 spiro atoms. The van der Waals surface area contributed by atoms with E-state index < -0.39 is 11.7 Å². The maximum absolute atomic E-state index is 12.5. The van der Waals surface area contributed by atoms with Gasteiger partial charge in [0.1, 0.15) is 5.82 Å². The van der Waals surface area contributed by atoms with Crippen molar-refractivity contribution in [2.45, 2.75) is 25.4 Å². The first-order valence-electron chi connectivity index (χ1n) is 7.71. The van der Waals surface area contributed by atoms with Gasteiger partial charge in [0, 0.05) is 37.9 Å². The van der Waals surface area contributed by atoms with Crippen molar-refractivity contribution in [3.8, 4) is 0 Å². The van der Waals surface area contributed by atoms with Crippen LogP contribution in [0.4, 0.5) is 19.0 Å². The molecular weight excluding hydrogens is 307 g/mol. The number of hydrogen-bond acceptors (Lipinski definition) is 3. The Bertz CT molecular complexity index is 602. The summed E-state index contributed by atoms with van der Waals surface area (Å²) in [5.74, 6) is 0.618. The summed E-state index contributed by atoms with van der Waals surface area (Å²) in [4.78, 5) is 19.9. The number of pyridine rings is 1. The Kier molecular flexibility index (Phi) is 4.28. The number of anilines is 1. The van der Waals surface area contributed by atoms with Gasteiger partial charge < -0.3 is 9.80 Å². The van der Waals surface area contributed by atoms with Crippen molar-refractivity contribution in [2.24, 2.45) is 0 Å². The van der Waals surface area contributed by atoms with E-state index in [0.717, 1.165) is 37.1 Å². The van der Waals surface area contributed by atoms with Gasteiger partial charge in [-0.2, -0.15) is 13.2 Å². The van der Waals surface area contributed by atoms with Gasteiger partial charge >= 0.3 is 6.18 Å². The van der Waals surface area contributed by atoms with Gasteiger partial charge in [-0.25, -0.2) is 4.98 Å². The zero-order valence-electron chi connectivity index (χ0n) is 12.6. The molecule has 0 N–H and O–H groups in total. The van der Waals surface area contributed by atoms with E-state index in [2.05, 4.69) is 4.98 Å². The monoisotopic (exact) mass is 325 g/mol. The number of piperazine rings is 1. The second-order valence-corrected chi connectivity index (χ2v) is 5.80. The van der Waals surface area contributed by atoms with Gasteiger partial charge in [-0.3, -0.25) is 4.79 Å². The molecule has 7 heteroatoms. The quantitative estimate of drug-likeness (QED) is 0.839. The predicted molar refractivity (Wildman–Crippen MR) is 80.0 cm³/mol. The van der Waals surface area contributed by atoms with Crippen LogP contribution in [0.25, 0.3) is 0 Å². The standard InChI is InChI=1S/C16H18F3N3O/c17-16(18,19)13-5-6-14(20-11-13)21-7-9-22(10-8-21)15(23)12-3-1-2-4-12/h3,5-6,11H,1-2,4,7-10H2. The molecule has 2 heterocycles. The Hall–Kier alpha value is -2.05. The fraction of sp³-hybridized carbons (Fsp3) is 0.500. The number of rotatable bonds is 2. The van der Waals surface area contributed by atoms with Crippen molar-refractivity contribution in [1.82, 2.24) is 9.88 Å². The van der Waals surface area contributed by atoms with Crippen LogP contribution >= 0.6 is 0 Å². The van der Waals surface area contributed by atoms with Gasteiger partial charge in [0.15, 0.2) is 0 Å². The highest BCUT2D eigenvalue weighted by Crippen LogP contribution is 2.29. The van der Waals surface area contributed by atoms with E-state index in [4.69, 9.17) is 0 Å². The van der Waals surface area contributed by atoms with Gasteiger partial charge in [-0.15, -0.1) is 0 Å². The fourth-order valence-electron chi connectivity index (χ4n) is 2.95. The molecule has 0 saturated carbocycles. The molecule has 1 amide bonds. The minimum atomic E-state index is -4.37. The number of aromatic nitrogens is 1.